The zero-order chi connectivity index (χ0) is 14.7. The van der Waals surface area contributed by atoms with Gasteiger partial charge in [-0.05, 0) is 55.8 Å². The van der Waals surface area contributed by atoms with Crippen molar-refractivity contribution in [3.05, 3.63) is 23.4 Å². The molecule has 0 aromatic carbocycles. The molecule has 2 aliphatic rings. The number of piperidine rings is 1. The van der Waals surface area contributed by atoms with Gasteiger partial charge in [0, 0.05) is 25.3 Å². The van der Waals surface area contributed by atoms with Crippen LogP contribution in [0.4, 0.5) is 5.82 Å². The Balaban J connectivity index is 1.72. The topological polar surface area (TPSA) is 28.2 Å². The van der Waals surface area contributed by atoms with Crippen LogP contribution < -0.4 is 10.2 Å². The van der Waals surface area contributed by atoms with Crippen molar-refractivity contribution in [2.45, 2.75) is 52.5 Å². The highest BCUT2D eigenvalue weighted by Crippen LogP contribution is 2.37. The Bertz CT molecular complexity index is 472. The maximum Gasteiger partial charge on any atom is 0.129 e. The van der Waals surface area contributed by atoms with Gasteiger partial charge in [0.25, 0.3) is 0 Å². The van der Waals surface area contributed by atoms with Crippen molar-refractivity contribution < 1.29 is 0 Å². The second kappa shape index (κ2) is 6.78. The summed E-state index contributed by atoms with van der Waals surface area (Å²) in [6, 6.07) is 4.50. The van der Waals surface area contributed by atoms with E-state index >= 15 is 0 Å². The van der Waals surface area contributed by atoms with Crippen molar-refractivity contribution in [3.63, 3.8) is 0 Å². The first-order valence-corrected chi connectivity index (χ1v) is 8.69. The molecular weight excluding hydrogens is 258 g/mol. The van der Waals surface area contributed by atoms with Gasteiger partial charge in [-0.25, -0.2) is 4.98 Å². The van der Waals surface area contributed by atoms with Crippen LogP contribution in [-0.2, 0) is 6.54 Å². The van der Waals surface area contributed by atoms with Crippen LogP contribution in [0.15, 0.2) is 12.1 Å². The molecular formula is C18H29N3. The third-order valence-corrected chi connectivity index (χ3v) is 5.19. The van der Waals surface area contributed by atoms with Crippen molar-refractivity contribution in [1.29, 1.82) is 0 Å². The number of fused-ring (bicyclic) bond motifs is 1. The molecule has 3 nitrogen and oxygen atoms in total. The highest BCUT2D eigenvalue weighted by Gasteiger charge is 2.31. The highest BCUT2D eigenvalue weighted by atomic mass is 15.2. The molecule has 1 saturated heterocycles. The van der Waals surface area contributed by atoms with Crippen molar-refractivity contribution in [2.24, 2.45) is 11.8 Å². The molecule has 1 aromatic rings. The van der Waals surface area contributed by atoms with Crippen molar-refractivity contribution in [1.82, 2.24) is 10.3 Å². The van der Waals surface area contributed by atoms with Gasteiger partial charge in [-0.2, -0.15) is 0 Å². The molecule has 0 spiro atoms. The lowest BCUT2D eigenvalue weighted by atomic mass is 9.75. The number of hydrogen-bond acceptors (Lipinski definition) is 3. The standard InChI is InChI=1S/C18H29N3/c1-3-19-12-15-10-14(2)20-18(11-15)21-9-8-16-6-4-5-7-17(16)13-21/h10-11,16-17,19H,3-9,12-13H2,1-2H3. The van der Waals surface area contributed by atoms with E-state index in [1.54, 1.807) is 0 Å². The maximum atomic E-state index is 4.80. The Morgan fingerprint density at radius 3 is 2.81 bits per heavy atom. The molecule has 116 valence electrons. The normalized spacial score (nSPS) is 25.7. The van der Waals surface area contributed by atoms with Gasteiger partial charge in [0.2, 0.25) is 0 Å². The molecule has 0 radical (unpaired) electrons. The number of hydrogen-bond donors (Lipinski definition) is 1. The van der Waals surface area contributed by atoms with Crippen LogP contribution in [0.3, 0.4) is 0 Å². The summed E-state index contributed by atoms with van der Waals surface area (Å²) >= 11 is 0. The van der Waals surface area contributed by atoms with E-state index in [1.807, 2.05) is 0 Å². The smallest absolute Gasteiger partial charge is 0.129 e. The maximum absolute atomic E-state index is 4.80. The number of anilines is 1. The van der Waals surface area contributed by atoms with Crippen LogP contribution >= 0.6 is 0 Å². The lowest BCUT2D eigenvalue weighted by Gasteiger charge is -2.42. The Morgan fingerprint density at radius 2 is 2.00 bits per heavy atom. The van der Waals surface area contributed by atoms with Crippen molar-refractivity contribution in [3.8, 4) is 0 Å². The van der Waals surface area contributed by atoms with Crippen LogP contribution in [0.25, 0.3) is 0 Å². The van der Waals surface area contributed by atoms with Gasteiger partial charge >= 0.3 is 0 Å². The van der Waals surface area contributed by atoms with E-state index in [9.17, 15) is 0 Å². The number of nitrogens with one attached hydrogen (secondary N) is 1. The summed E-state index contributed by atoms with van der Waals surface area (Å²) in [5.41, 5.74) is 2.51. The Morgan fingerprint density at radius 1 is 1.19 bits per heavy atom. The minimum Gasteiger partial charge on any atom is -0.356 e. The van der Waals surface area contributed by atoms with Crippen LogP contribution in [0.2, 0.25) is 0 Å². The lowest BCUT2D eigenvalue weighted by Crippen LogP contribution is -2.42. The number of nitrogens with zero attached hydrogens (tertiary/aromatic N) is 2. The van der Waals surface area contributed by atoms with E-state index in [4.69, 9.17) is 4.98 Å². The first-order chi connectivity index (χ1) is 10.3. The Labute approximate surface area is 129 Å². The average molecular weight is 287 g/mol. The summed E-state index contributed by atoms with van der Waals surface area (Å²) in [6.45, 7) is 8.66. The average Bonchev–Trinajstić information content (AvgIpc) is 2.52. The Kier molecular flexibility index (Phi) is 4.79. The summed E-state index contributed by atoms with van der Waals surface area (Å²) in [5.74, 6) is 3.10. The van der Waals surface area contributed by atoms with Crippen molar-refractivity contribution in [2.75, 3.05) is 24.5 Å². The fraction of sp³-hybridized carbons (Fsp3) is 0.722. The monoisotopic (exact) mass is 287 g/mol. The molecule has 3 heteroatoms. The van der Waals surface area contributed by atoms with Crippen LogP contribution in [0.1, 0.15) is 50.3 Å². The third-order valence-electron chi connectivity index (χ3n) is 5.19. The summed E-state index contributed by atoms with van der Waals surface area (Å²) in [5, 5.41) is 3.42. The van der Waals surface area contributed by atoms with Crippen LogP contribution in [-0.4, -0.2) is 24.6 Å². The zero-order valence-electron chi connectivity index (χ0n) is 13.6. The fourth-order valence-corrected chi connectivity index (χ4v) is 4.06. The SMILES string of the molecule is CCNCc1cc(C)nc(N2CCC3CCCCC3C2)c1. The molecule has 1 aromatic heterocycles. The van der Waals surface area contributed by atoms with E-state index in [0.29, 0.717) is 0 Å². The molecule has 1 aliphatic heterocycles. The van der Waals surface area contributed by atoms with Gasteiger partial charge in [-0.1, -0.05) is 26.2 Å². The molecule has 1 aliphatic carbocycles. The molecule has 21 heavy (non-hydrogen) atoms. The number of aromatic nitrogens is 1. The van der Waals surface area contributed by atoms with E-state index in [-0.39, 0.29) is 0 Å². The predicted octanol–water partition coefficient (Wildman–Crippen LogP) is 3.52. The van der Waals surface area contributed by atoms with Crippen molar-refractivity contribution >= 4 is 5.82 Å². The van der Waals surface area contributed by atoms with Gasteiger partial charge in [0.15, 0.2) is 0 Å². The second-order valence-corrected chi connectivity index (χ2v) is 6.79. The molecule has 2 atom stereocenters. The molecule has 3 rings (SSSR count). The summed E-state index contributed by atoms with van der Waals surface area (Å²) < 4.78 is 0. The van der Waals surface area contributed by atoms with Gasteiger partial charge in [-0.15, -0.1) is 0 Å². The van der Waals surface area contributed by atoms with E-state index in [1.165, 1.54) is 56.6 Å². The van der Waals surface area contributed by atoms with E-state index in [2.05, 4.69) is 36.2 Å². The quantitative estimate of drug-likeness (QED) is 0.918. The zero-order valence-corrected chi connectivity index (χ0v) is 13.6. The van der Waals surface area contributed by atoms with Gasteiger partial charge in [0.05, 0.1) is 0 Å². The number of aryl methyl sites for hydroxylation is 1. The van der Waals surface area contributed by atoms with Crippen LogP contribution in [0.5, 0.6) is 0 Å². The molecule has 0 bridgehead atoms. The predicted molar refractivity (Wildman–Crippen MR) is 88.6 cm³/mol. The minimum absolute atomic E-state index is 0.909. The fourth-order valence-electron chi connectivity index (χ4n) is 4.06. The molecule has 0 amide bonds. The van der Waals surface area contributed by atoms with Crippen LogP contribution in [0, 0.1) is 18.8 Å². The molecule has 1 N–H and O–H groups in total. The van der Waals surface area contributed by atoms with E-state index < -0.39 is 0 Å². The minimum atomic E-state index is 0.909. The van der Waals surface area contributed by atoms with Gasteiger partial charge in [0.1, 0.15) is 5.82 Å². The molecule has 2 fully saturated rings. The lowest BCUT2D eigenvalue weighted by molar-refractivity contribution is 0.202. The van der Waals surface area contributed by atoms with E-state index in [0.717, 1.165) is 30.6 Å². The summed E-state index contributed by atoms with van der Waals surface area (Å²) in [4.78, 5) is 7.34. The summed E-state index contributed by atoms with van der Waals surface area (Å²) in [6.07, 6.45) is 7.14. The molecule has 2 unspecified atom stereocenters. The van der Waals surface area contributed by atoms with Gasteiger partial charge < -0.3 is 10.2 Å². The molecule has 2 heterocycles. The molecule has 1 saturated carbocycles. The first-order valence-electron chi connectivity index (χ1n) is 8.69. The number of rotatable bonds is 4. The van der Waals surface area contributed by atoms with Gasteiger partial charge in [-0.3, -0.25) is 0 Å². The second-order valence-electron chi connectivity index (χ2n) is 6.79. The highest BCUT2D eigenvalue weighted by molar-refractivity contribution is 5.43. The Hall–Kier alpha value is -1.09. The third kappa shape index (κ3) is 3.57. The largest absolute Gasteiger partial charge is 0.356 e. The number of pyridine rings is 1. The summed E-state index contributed by atoms with van der Waals surface area (Å²) in [7, 11) is 0. The first kappa shape index (κ1) is 14.8.